The summed E-state index contributed by atoms with van der Waals surface area (Å²) in [5, 5.41) is 2.61. The maximum absolute atomic E-state index is 11.7. The molecule has 1 amide bonds. The lowest BCUT2D eigenvalue weighted by molar-refractivity contribution is -0.140. The van der Waals surface area contributed by atoms with Crippen LogP contribution in [0.1, 0.15) is 16.8 Å². The number of hydrogen-bond donors (Lipinski definition) is 2. The van der Waals surface area contributed by atoms with Gasteiger partial charge >= 0.3 is 5.97 Å². The van der Waals surface area contributed by atoms with Crippen LogP contribution < -0.4 is 11.1 Å². The van der Waals surface area contributed by atoms with Crippen molar-refractivity contribution in [3.8, 4) is 0 Å². The van der Waals surface area contributed by atoms with Crippen LogP contribution in [0.25, 0.3) is 0 Å². The number of ether oxygens (including phenoxy) is 1. The molecule has 92 valence electrons. The molecule has 0 aliphatic carbocycles. The molecule has 6 heteroatoms. The van der Waals surface area contributed by atoms with Gasteiger partial charge in [-0.25, -0.2) is 0 Å². The Morgan fingerprint density at radius 1 is 1.47 bits per heavy atom. The zero-order valence-electron chi connectivity index (χ0n) is 9.33. The molecule has 3 N–H and O–H groups in total. The number of carbonyl (C=O) groups is 2. The molecule has 0 saturated heterocycles. The van der Waals surface area contributed by atoms with E-state index >= 15 is 0 Å². The summed E-state index contributed by atoms with van der Waals surface area (Å²) in [5.41, 5.74) is 6.59. The molecule has 0 aliphatic rings. The van der Waals surface area contributed by atoms with E-state index < -0.39 is 0 Å². The fourth-order valence-corrected chi connectivity index (χ4v) is 1.64. The molecule has 1 aromatic carbocycles. The highest BCUT2D eigenvalue weighted by Crippen LogP contribution is 2.23. The van der Waals surface area contributed by atoms with Gasteiger partial charge in [-0.1, -0.05) is 6.07 Å². The van der Waals surface area contributed by atoms with Crippen LogP contribution in [0, 0.1) is 0 Å². The zero-order chi connectivity index (χ0) is 12.8. The van der Waals surface area contributed by atoms with Crippen molar-refractivity contribution in [3.05, 3.63) is 28.2 Å². The quantitative estimate of drug-likeness (QED) is 0.649. The van der Waals surface area contributed by atoms with Crippen molar-refractivity contribution in [1.82, 2.24) is 5.32 Å². The average Bonchev–Trinajstić information content (AvgIpc) is 2.32. The minimum absolute atomic E-state index is 0.141. The van der Waals surface area contributed by atoms with Gasteiger partial charge in [0, 0.05) is 12.2 Å². The van der Waals surface area contributed by atoms with Crippen LogP contribution >= 0.6 is 15.9 Å². The van der Waals surface area contributed by atoms with Crippen LogP contribution in [0.3, 0.4) is 0 Å². The Hall–Kier alpha value is -1.56. The molecule has 17 heavy (non-hydrogen) atoms. The number of carbonyl (C=O) groups excluding carboxylic acids is 2. The van der Waals surface area contributed by atoms with E-state index in [0.29, 0.717) is 15.7 Å². The van der Waals surface area contributed by atoms with Gasteiger partial charge < -0.3 is 15.8 Å². The molecule has 0 aromatic heterocycles. The van der Waals surface area contributed by atoms with Gasteiger partial charge in [-0.15, -0.1) is 0 Å². The van der Waals surface area contributed by atoms with Crippen molar-refractivity contribution in [2.24, 2.45) is 0 Å². The minimum atomic E-state index is -0.364. The molecular weight excluding hydrogens is 288 g/mol. The van der Waals surface area contributed by atoms with E-state index in [1.807, 2.05) is 0 Å². The predicted octanol–water partition coefficient (Wildman–Crippen LogP) is 1.32. The fraction of sp³-hybridized carbons (Fsp3) is 0.273. The van der Waals surface area contributed by atoms with Crippen LogP contribution in [-0.4, -0.2) is 25.5 Å². The second-order valence-electron chi connectivity index (χ2n) is 3.29. The van der Waals surface area contributed by atoms with E-state index in [2.05, 4.69) is 26.0 Å². The number of esters is 1. The largest absolute Gasteiger partial charge is 0.469 e. The smallest absolute Gasteiger partial charge is 0.307 e. The molecule has 5 nitrogen and oxygen atoms in total. The summed E-state index contributed by atoms with van der Waals surface area (Å²) >= 11 is 3.24. The van der Waals surface area contributed by atoms with Gasteiger partial charge in [-0.2, -0.15) is 0 Å². The number of nitrogen functional groups attached to an aromatic ring is 1. The lowest BCUT2D eigenvalue weighted by Gasteiger charge is -2.07. The first-order chi connectivity index (χ1) is 8.06. The van der Waals surface area contributed by atoms with Crippen LogP contribution in [0.2, 0.25) is 0 Å². The first-order valence-electron chi connectivity index (χ1n) is 4.95. The number of hydrogen-bond acceptors (Lipinski definition) is 4. The number of rotatable bonds is 4. The summed E-state index contributed by atoms with van der Waals surface area (Å²) in [6.07, 6.45) is 0.141. The lowest BCUT2D eigenvalue weighted by Crippen LogP contribution is -2.26. The summed E-state index contributed by atoms with van der Waals surface area (Å²) in [5.74, 6) is -0.648. The van der Waals surface area contributed by atoms with Gasteiger partial charge in [0.1, 0.15) is 0 Å². The normalized spacial score (nSPS) is 9.76. The first-order valence-corrected chi connectivity index (χ1v) is 5.74. The number of halogens is 1. The summed E-state index contributed by atoms with van der Waals surface area (Å²) < 4.78 is 5.01. The van der Waals surface area contributed by atoms with Crippen molar-refractivity contribution in [1.29, 1.82) is 0 Å². The third-order valence-corrected chi connectivity index (χ3v) is 3.00. The molecular formula is C11H13BrN2O3. The van der Waals surface area contributed by atoms with Crippen molar-refractivity contribution < 1.29 is 14.3 Å². The summed E-state index contributed by atoms with van der Waals surface area (Å²) in [4.78, 5) is 22.6. The van der Waals surface area contributed by atoms with Gasteiger partial charge in [0.05, 0.1) is 23.6 Å². The van der Waals surface area contributed by atoms with E-state index in [4.69, 9.17) is 5.73 Å². The SMILES string of the molecule is COC(=O)CCNC(=O)c1cccc(N)c1Br. The summed E-state index contributed by atoms with van der Waals surface area (Å²) in [7, 11) is 1.30. The Labute approximate surface area is 107 Å². The Bertz CT molecular complexity index is 435. The van der Waals surface area contributed by atoms with Crippen LogP contribution in [-0.2, 0) is 9.53 Å². The Morgan fingerprint density at radius 3 is 2.82 bits per heavy atom. The molecule has 0 aliphatic heterocycles. The van der Waals surface area contributed by atoms with Crippen LogP contribution in [0.15, 0.2) is 22.7 Å². The zero-order valence-corrected chi connectivity index (χ0v) is 10.9. The highest BCUT2D eigenvalue weighted by molar-refractivity contribution is 9.10. The number of amides is 1. The maximum Gasteiger partial charge on any atom is 0.307 e. The van der Waals surface area contributed by atoms with Crippen molar-refractivity contribution >= 4 is 33.5 Å². The van der Waals surface area contributed by atoms with Crippen LogP contribution in [0.4, 0.5) is 5.69 Å². The second kappa shape index (κ2) is 6.24. The van der Waals surface area contributed by atoms with E-state index in [9.17, 15) is 9.59 Å². The van der Waals surface area contributed by atoms with E-state index in [1.54, 1.807) is 18.2 Å². The van der Waals surface area contributed by atoms with E-state index in [0.717, 1.165) is 0 Å². The molecule has 0 spiro atoms. The number of methoxy groups -OCH3 is 1. The van der Waals surface area contributed by atoms with Crippen molar-refractivity contribution in [3.63, 3.8) is 0 Å². The summed E-state index contributed by atoms with van der Waals surface area (Å²) in [6.45, 7) is 0.229. The van der Waals surface area contributed by atoms with Gasteiger partial charge in [-0.05, 0) is 28.1 Å². The van der Waals surface area contributed by atoms with Gasteiger partial charge in [0.15, 0.2) is 0 Å². The maximum atomic E-state index is 11.7. The third kappa shape index (κ3) is 3.74. The third-order valence-electron chi connectivity index (χ3n) is 2.12. The Kier molecular flexibility index (Phi) is 4.96. The van der Waals surface area contributed by atoms with Crippen LogP contribution in [0.5, 0.6) is 0 Å². The van der Waals surface area contributed by atoms with Crippen molar-refractivity contribution in [2.75, 3.05) is 19.4 Å². The Morgan fingerprint density at radius 2 is 2.18 bits per heavy atom. The molecule has 0 bridgehead atoms. The Balaban J connectivity index is 2.59. The topological polar surface area (TPSA) is 81.4 Å². The molecule has 1 aromatic rings. The van der Waals surface area contributed by atoms with Gasteiger partial charge in [-0.3, -0.25) is 9.59 Å². The highest BCUT2D eigenvalue weighted by Gasteiger charge is 2.11. The molecule has 0 atom stereocenters. The number of anilines is 1. The summed E-state index contributed by atoms with van der Waals surface area (Å²) in [6, 6.07) is 5.03. The monoisotopic (exact) mass is 300 g/mol. The molecule has 0 fully saturated rings. The number of nitrogens with one attached hydrogen (secondary N) is 1. The van der Waals surface area contributed by atoms with E-state index in [1.165, 1.54) is 7.11 Å². The fourth-order valence-electron chi connectivity index (χ4n) is 1.20. The highest BCUT2D eigenvalue weighted by atomic mass is 79.9. The predicted molar refractivity (Wildman–Crippen MR) is 67.5 cm³/mol. The molecule has 0 saturated carbocycles. The van der Waals surface area contributed by atoms with Gasteiger partial charge in [0.2, 0.25) is 0 Å². The number of nitrogens with two attached hydrogens (primary N) is 1. The molecule has 0 unspecified atom stereocenters. The second-order valence-corrected chi connectivity index (χ2v) is 4.08. The molecule has 0 heterocycles. The average molecular weight is 301 g/mol. The molecule has 0 radical (unpaired) electrons. The first kappa shape index (κ1) is 13.5. The van der Waals surface area contributed by atoms with Crippen molar-refractivity contribution in [2.45, 2.75) is 6.42 Å². The number of benzene rings is 1. The van der Waals surface area contributed by atoms with E-state index in [-0.39, 0.29) is 24.8 Å². The lowest BCUT2D eigenvalue weighted by atomic mass is 10.2. The van der Waals surface area contributed by atoms with Gasteiger partial charge in [0.25, 0.3) is 5.91 Å². The standard InChI is InChI=1S/C11H13BrN2O3/c1-17-9(15)5-6-14-11(16)7-3-2-4-8(13)10(7)12/h2-4H,5-6,13H2,1H3,(H,14,16). The minimum Gasteiger partial charge on any atom is -0.469 e. The molecule has 1 rings (SSSR count).